The summed E-state index contributed by atoms with van der Waals surface area (Å²) >= 11 is 5.84. The molecule has 2 rings (SSSR count). The number of aryl methyl sites for hydroxylation is 1. The Morgan fingerprint density at radius 1 is 1.38 bits per heavy atom. The third-order valence-electron chi connectivity index (χ3n) is 4.26. The molecule has 136 valence electrons. The Morgan fingerprint density at radius 2 is 2.04 bits per heavy atom. The number of halogens is 4. The van der Waals surface area contributed by atoms with Crippen molar-refractivity contribution in [2.45, 2.75) is 37.9 Å². The molecule has 5 nitrogen and oxygen atoms in total. The number of aromatic nitrogens is 2. The van der Waals surface area contributed by atoms with Gasteiger partial charge in [-0.1, -0.05) is 11.6 Å². The number of nitrogens with zero attached hydrogens (tertiary/aromatic N) is 4. The van der Waals surface area contributed by atoms with Crippen molar-refractivity contribution in [3.63, 3.8) is 0 Å². The molecule has 1 aliphatic rings. The van der Waals surface area contributed by atoms with E-state index in [1.54, 1.807) is 4.90 Å². The highest BCUT2D eigenvalue weighted by molar-refractivity contribution is 6.34. The number of hydrogen-bond acceptors (Lipinski definition) is 3. The minimum Gasteiger partial charge on any atom is -0.334 e. The number of likely N-dealkylation sites (tertiary alicyclic amines) is 1. The van der Waals surface area contributed by atoms with Crippen LogP contribution >= 0.6 is 11.6 Å². The van der Waals surface area contributed by atoms with E-state index in [1.807, 2.05) is 19.0 Å². The number of amides is 1. The lowest BCUT2D eigenvalue weighted by Crippen LogP contribution is -2.45. The van der Waals surface area contributed by atoms with E-state index < -0.39 is 22.8 Å². The van der Waals surface area contributed by atoms with E-state index in [1.165, 1.54) is 7.05 Å². The Balaban J connectivity index is 2.27. The van der Waals surface area contributed by atoms with Gasteiger partial charge in [-0.25, -0.2) is 0 Å². The summed E-state index contributed by atoms with van der Waals surface area (Å²) < 4.78 is 39.8. The second-order valence-electron chi connectivity index (χ2n) is 6.37. The lowest BCUT2D eigenvalue weighted by atomic mass is 9.98. The Hall–Kier alpha value is -1.28. The first-order valence-electron chi connectivity index (χ1n) is 7.88. The largest absolute Gasteiger partial charge is 0.436 e. The van der Waals surface area contributed by atoms with Crippen LogP contribution < -0.4 is 0 Å². The van der Waals surface area contributed by atoms with Gasteiger partial charge < -0.3 is 9.80 Å². The van der Waals surface area contributed by atoms with Crippen LogP contribution in [0.4, 0.5) is 13.2 Å². The molecule has 0 bridgehead atoms. The molecule has 0 unspecified atom stereocenters. The van der Waals surface area contributed by atoms with Gasteiger partial charge in [0.1, 0.15) is 10.7 Å². The van der Waals surface area contributed by atoms with Crippen LogP contribution in [0.5, 0.6) is 0 Å². The summed E-state index contributed by atoms with van der Waals surface area (Å²) in [5, 5.41) is 2.78. The van der Waals surface area contributed by atoms with Crippen LogP contribution in [0.3, 0.4) is 0 Å². The second kappa shape index (κ2) is 7.31. The molecule has 1 atom stereocenters. The molecule has 0 N–H and O–H groups in total. The predicted octanol–water partition coefficient (Wildman–Crippen LogP) is 3.04. The monoisotopic (exact) mass is 366 g/mol. The van der Waals surface area contributed by atoms with Crippen molar-refractivity contribution in [1.29, 1.82) is 0 Å². The van der Waals surface area contributed by atoms with Crippen LogP contribution in [0, 0.1) is 0 Å². The Bertz CT molecular complexity index is 600. The van der Waals surface area contributed by atoms with Crippen LogP contribution in [0.2, 0.25) is 5.02 Å². The molecule has 0 saturated carbocycles. The molecule has 0 aliphatic carbocycles. The van der Waals surface area contributed by atoms with E-state index in [9.17, 15) is 18.0 Å². The molecule has 9 heteroatoms. The van der Waals surface area contributed by atoms with Crippen molar-refractivity contribution in [2.75, 3.05) is 27.2 Å². The van der Waals surface area contributed by atoms with Crippen LogP contribution in [0.1, 0.15) is 41.9 Å². The number of piperidine rings is 1. The van der Waals surface area contributed by atoms with Gasteiger partial charge in [0.15, 0.2) is 5.69 Å². The summed E-state index contributed by atoms with van der Waals surface area (Å²) in [7, 11) is 5.21. The van der Waals surface area contributed by atoms with Gasteiger partial charge in [0.25, 0.3) is 5.91 Å². The molecule has 2 heterocycles. The van der Waals surface area contributed by atoms with Crippen LogP contribution in [0.25, 0.3) is 0 Å². The first-order chi connectivity index (χ1) is 11.1. The minimum atomic E-state index is -4.68. The standard InChI is InChI=1S/C15H22ClF3N4O/c1-21(2)9-7-10-6-4-5-8-23(10)14(24)12-11(16)13(15(17,18)19)20-22(12)3/h10H,4-9H2,1-3H3/t10-/m0/s1. The summed E-state index contributed by atoms with van der Waals surface area (Å²) in [5.41, 5.74) is -1.40. The van der Waals surface area contributed by atoms with E-state index in [-0.39, 0.29) is 11.7 Å². The molecule has 1 amide bonds. The Morgan fingerprint density at radius 3 is 2.58 bits per heavy atom. The van der Waals surface area contributed by atoms with E-state index in [2.05, 4.69) is 5.10 Å². The summed E-state index contributed by atoms with van der Waals surface area (Å²) in [6.45, 7) is 1.33. The highest BCUT2D eigenvalue weighted by atomic mass is 35.5. The van der Waals surface area contributed by atoms with Gasteiger partial charge >= 0.3 is 6.18 Å². The summed E-state index contributed by atoms with van der Waals surface area (Å²) in [6, 6.07) is 0.00829. The maximum Gasteiger partial charge on any atom is 0.436 e. The Labute approximate surface area is 144 Å². The smallest absolute Gasteiger partial charge is 0.334 e. The zero-order chi connectivity index (χ0) is 18.1. The van der Waals surface area contributed by atoms with Gasteiger partial charge in [-0.3, -0.25) is 9.48 Å². The van der Waals surface area contributed by atoms with Crippen molar-refractivity contribution >= 4 is 17.5 Å². The van der Waals surface area contributed by atoms with E-state index in [0.29, 0.717) is 6.54 Å². The lowest BCUT2D eigenvalue weighted by molar-refractivity contribution is -0.141. The third kappa shape index (κ3) is 4.03. The van der Waals surface area contributed by atoms with Gasteiger partial charge in [-0.2, -0.15) is 18.3 Å². The molecular weight excluding hydrogens is 345 g/mol. The van der Waals surface area contributed by atoms with Crippen molar-refractivity contribution in [2.24, 2.45) is 7.05 Å². The quantitative estimate of drug-likeness (QED) is 0.822. The van der Waals surface area contributed by atoms with Crippen molar-refractivity contribution in [3.8, 4) is 0 Å². The summed E-state index contributed by atoms with van der Waals surface area (Å²) in [6.07, 6.45) is -1.21. The molecule has 0 spiro atoms. The van der Waals surface area contributed by atoms with E-state index >= 15 is 0 Å². The van der Waals surface area contributed by atoms with Crippen molar-refractivity contribution in [1.82, 2.24) is 19.6 Å². The average molecular weight is 367 g/mol. The highest BCUT2D eigenvalue weighted by Gasteiger charge is 2.41. The minimum absolute atomic E-state index is 0.00829. The molecule has 1 aliphatic heterocycles. The van der Waals surface area contributed by atoms with E-state index in [4.69, 9.17) is 11.6 Å². The molecule has 1 fully saturated rings. The topological polar surface area (TPSA) is 41.4 Å². The maximum atomic E-state index is 12.9. The first-order valence-corrected chi connectivity index (χ1v) is 8.26. The van der Waals surface area contributed by atoms with Gasteiger partial charge in [0.05, 0.1) is 0 Å². The number of alkyl halides is 3. The van der Waals surface area contributed by atoms with Crippen LogP contribution in [0.15, 0.2) is 0 Å². The highest BCUT2D eigenvalue weighted by Crippen LogP contribution is 2.36. The SMILES string of the molecule is CN(C)CC[C@@H]1CCCCN1C(=O)c1c(Cl)c(C(F)(F)F)nn1C. The Kier molecular flexibility index (Phi) is 5.80. The molecule has 1 aromatic rings. The molecule has 24 heavy (non-hydrogen) atoms. The normalized spacial score (nSPS) is 19.2. The predicted molar refractivity (Wildman–Crippen MR) is 85.1 cm³/mol. The molecular formula is C15H22ClF3N4O. The van der Waals surface area contributed by atoms with Gasteiger partial charge in [-0.05, 0) is 46.3 Å². The lowest BCUT2D eigenvalue weighted by Gasteiger charge is -2.36. The van der Waals surface area contributed by atoms with Gasteiger partial charge in [-0.15, -0.1) is 0 Å². The van der Waals surface area contributed by atoms with Crippen molar-refractivity contribution < 1.29 is 18.0 Å². The van der Waals surface area contributed by atoms with Crippen LogP contribution in [-0.4, -0.2) is 58.7 Å². The number of rotatable bonds is 4. The summed E-state index contributed by atoms with van der Waals surface area (Å²) in [4.78, 5) is 16.5. The fraction of sp³-hybridized carbons (Fsp3) is 0.733. The van der Waals surface area contributed by atoms with Gasteiger partial charge in [0.2, 0.25) is 0 Å². The fourth-order valence-corrected chi connectivity index (χ4v) is 3.37. The molecule has 1 saturated heterocycles. The zero-order valence-electron chi connectivity index (χ0n) is 14.0. The number of carbonyl (C=O) groups is 1. The third-order valence-corrected chi connectivity index (χ3v) is 4.62. The average Bonchev–Trinajstić information content (AvgIpc) is 2.80. The second-order valence-corrected chi connectivity index (χ2v) is 6.75. The van der Waals surface area contributed by atoms with Crippen LogP contribution in [-0.2, 0) is 13.2 Å². The maximum absolute atomic E-state index is 12.9. The van der Waals surface area contributed by atoms with E-state index in [0.717, 1.165) is 36.9 Å². The molecule has 0 aromatic carbocycles. The van der Waals surface area contributed by atoms with Gasteiger partial charge in [0, 0.05) is 19.6 Å². The summed E-state index contributed by atoms with van der Waals surface area (Å²) in [5.74, 6) is -0.478. The molecule has 0 radical (unpaired) electrons. The number of hydrogen-bond donors (Lipinski definition) is 0. The molecule has 1 aromatic heterocycles. The number of carbonyl (C=O) groups excluding carboxylic acids is 1. The first kappa shape index (κ1) is 19.1. The van der Waals surface area contributed by atoms with Crippen molar-refractivity contribution in [3.05, 3.63) is 16.4 Å². The fourth-order valence-electron chi connectivity index (χ4n) is 3.02. The zero-order valence-corrected chi connectivity index (χ0v) is 14.8.